The Morgan fingerprint density at radius 2 is 1.74 bits per heavy atom. The number of hydrogen-bond donors (Lipinski definition) is 1. The van der Waals surface area contributed by atoms with Gasteiger partial charge in [-0.1, -0.05) is 12.8 Å². The van der Waals surface area contributed by atoms with Gasteiger partial charge in [0.25, 0.3) is 0 Å². The van der Waals surface area contributed by atoms with E-state index in [9.17, 15) is 14.4 Å². The van der Waals surface area contributed by atoms with Gasteiger partial charge in [-0.25, -0.2) is 4.79 Å². The summed E-state index contributed by atoms with van der Waals surface area (Å²) in [6.45, 7) is 2.66. The van der Waals surface area contributed by atoms with Crippen molar-refractivity contribution in [2.45, 2.75) is 76.8 Å². The highest BCUT2D eigenvalue weighted by Gasteiger charge is 2.33. The Morgan fingerprint density at radius 3 is 2.43 bits per heavy atom. The molecule has 1 saturated carbocycles. The van der Waals surface area contributed by atoms with Gasteiger partial charge in [0.15, 0.2) is 0 Å². The lowest BCUT2D eigenvalue weighted by atomic mass is 10.0. The van der Waals surface area contributed by atoms with Gasteiger partial charge in [0, 0.05) is 25.4 Å². The fourth-order valence-electron chi connectivity index (χ4n) is 3.45. The third kappa shape index (κ3) is 5.22. The largest absolute Gasteiger partial charge is 0.464 e. The van der Waals surface area contributed by atoms with Crippen molar-refractivity contribution in [1.82, 2.24) is 10.2 Å². The molecule has 2 amide bonds. The molecule has 1 saturated heterocycles. The number of nitrogens with one attached hydrogen (secondary N) is 1. The monoisotopic (exact) mass is 324 g/mol. The van der Waals surface area contributed by atoms with Crippen molar-refractivity contribution in [2.75, 3.05) is 13.2 Å². The SMILES string of the molecule is CCOC(=O)[C@H]1CCCCN1C(=O)CCC(=O)NC1CCCC1. The highest BCUT2D eigenvalue weighted by molar-refractivity contribution is 5.87. The number of amides is 2. The molecule has 1 heterocycles. The first kappa shape index (κ1) is 17.8. The quantitative estimate of drug-likeness (QED) is 0.756. The Balaban J connectivity index is 1.80. The lowest BCUT2D eigenvalue weighted by molar-refractivity contribution is -0.156. The van der Waals surface area contributed by atoms with Gasteiger partial charge in [-0.05, 0) is 39.0 Å². The Morgan fingerprint density at radius 1 is 1.04 bits per heavy atom. The van der Waals surface area contributed by atoms with E-state index in [4.69, 9.17) is 4.74 Å². The number of likely N-dealkylation sites (tertiary alicyclic amines) is 1. The number of esters is 1. The first-order valence-electron chi connectivity index (χ1n) is 8.87. The van der Waals surface area contributed by atoms with E-state index in [0.29, 0.717) is 19.6 Å². The number of carbonyl (C=O) groups is 3. The van der Waals surface area contributed by atoms with E-state index in [1.807, 2.05) is 0 Å². The smallest absolute Gasteiger partial charge is 0.328 e. The molecule has 0 aromatic rings. The van der Waals surface area contributed by atoms with Crippen molar-refractivity contribution in [3.63, 3.8) is 0 Å². The van der Waals surface area contributed by atoms with Gasteiger partial charge in [0.1, 0.15) is 6.04 Å². The number of hydrogen-bond acceptors (Lipinski definition) is 4. The zero-order valence-corrected chi connectivity index (χ0v) is 14.0. The summed E-state index contributed by atoms with van der Waals surface area (Å²) in [6, 6.07) is -0.200. The van der Waals surface area contributed by atoms with Gasteiger partial charge in [0.05, 0.1) is 6.61 Å². The van der Waals surface area contributed by atoms with Crippen LogP contribution in [0.5, 0.6) is 0 Å². The molecule has 0 aromatic heterocycles. The second-order valence-electron chi connectivity index (χ2n) is 6.40. The van der Waals surface area contributed by atoms with Gasteiger partial charge < -0.3 is 15.0 Å². The molecule has 1 aliphatic carbocycles. The number of carbonyl (C=O) groups excluding carboxylic acids is 3. The van der Waals surface area contributed by atoms with Crippen LogP contribution in [0.4, 0.5) is 0 Å². The van der Waals surface area contributed by atoms with Gasteiger partial charge in [-0.3, -0.25) is 9.59 Å². The summed E-state index contributed by atoms with van der Waals surface area (Å²) in [4.78, 5) is 37.9. The molecule has 0 spiro atoms. The molecule has 130 valence electrons. The maximum Gasteiger partial charge on any atom is 0.328 e. The maximum atomic E-state index is 12.4. The van der Waals surface area contributed by atoms with Crippen LogP contribution in [0, 0.1) is 0 Å². The Hall–Kier alpha value is -1.59. The van der Waals surface area contributed by atoms with Gasteiger partial charge in [-0.15, -0.1) is 0 Å². The first-order chi connectivity index (χ1) is 11.1. The van der Waals surface area contributed by atoms with E-state index >= 15 is 0 Å². The second-order valence-corrected chi connectivity index (χ2v) is 6.40. The molecular weight excluding hydrogens is 296 g/mol. The summed E-state index contributed by atoms with van der Waals surface area (Å²) < 4.78 is 5.06. The van der Waals surface area contributed by atoms with Gasteiger partial charge in [0.2, 0.25) is 11.8 Å². The van der Waals surface area contributed by atoms with Crippen molar-refractivity contribution in [1.29, 1.82) is 0 Å². The molecule has 1 N–H and O–H groups in total. The maximum absolute atomic E-state index is 12.4. The van der Waals surface area contributed by atoms with E-state index in [2.05, 4.69) is 5.32 Å². The molecule has 2 rings (SSSR count). The molecule has 0 radical (unpaired) electrons. The van der Waals surface area contributed by atoms with Crippen LogP contribution in [0.2, 0.25) is 0 Å². The summed E-state index contributed by atoms with van der Waals surface area (Å²) in [5.41, 5.74) is 0. The van der Waals surface area contributed by atoms with Crippen LogP contribution in [-0.2, 0) is 19.1 Å². The van der Waals surface area contributed by atoms with Gasteiger partial charge >= 0.3 is 5.97 Å². The van der Waals surface area contributed by atoms with Crippen molar-refractivity contribution in [3.05, 3.63) is 0 Å². The average molecular weight is 324 g/mol. The minimum atomic E-state index is -0.478. The average Bonchev–Trinajstić information content (AvgIpc) is 3.05. The predicted octanol–water partition coefficient (Wildman–Crippen LogP) is 1.77. The molecule has 23 heavy (non-hydrogen) atoms. The molecule has 6 heteroatoms. The summed E-state index contributed by atoms with van der Waals surface area (Å²) in [7, 11) is 0. The minimum Gasteiger partial charge on any atom is -0.464 e. The number of nitrogens with zero attached hydrogens (tertiary/aromatic N) is 1. The Labute approximate surface area is 137 Å². The van der Waals surface area contributed by atoms with Crippen LogP contribution < -0.4 is 5.32 Å². The summed E-state index contributed by atoms with van der Waals surface area (Å²) in [6.07, 6.45) is 7.24. The molecule has 2 fully saturated rings. The summed E-state index contributed by atoms with van der Waals surface area (Å²) in [5, 5.41) is 2.99. The highest BCUT2D eigenvalue weighted by Crippen LogP contribution is 2.20. The molecule has 1 atom stereocenters. The van der Waals surface area contributed by atoms with Crippen LogP contribution >= 0.6 is 0 Å². The van der Waals surface area contributed by atoms with E-state index in [0.717, 1.165) is 25.7 Å². The molecule has 2 aliphatic rings. The molecule has 0 aromatic carbocycles. The standard InChI is InChI=1S/C17H28N2O4/c1-2-23-17(22)14-9-5-6-12-19(14)16(21)11-10-15(20)18-13-7-3-4-8-13/h13-14H,2-12H2,1H3,(H,18,20)/t14-/m1/s1. The molecule has 0 unspecified atom stereocenters. The highest BCUT2D eigenvalue weighted by atomic mass is 16.5. The minimum absolute atomic E-state index is 0.0602. The number of piperidine rings is 1. The normalized spacial score (nSPS) is 22.0. The van der Waals surface area contributed by atoms with Crippen molar-refractivity contribution < 1.29 is 19.1 Å². The molecule has 0 bridgehead atoms. The van der Waals surface area contributed by atoms with E-state index < -0.39 is 6.04 Å². The van der Waals surface area contributed by atoms with Gasteiger partial charge in [-0.2, -0.15) is 0 Å². The van der Waals surface area contributed by atoms with E-state index in [1.54, 1.807) is 11.8 Å². The first-order valence-corrected chi connectivity index (χ1v) is 8.87. The molecular formula is C17H28N2O4. The van der Waals surface area contributed by atoms with Crippen molar-refractivity contribution in [2.24, 2.45) is 0 Å². The lowest BCUT2D eigenvalue weighted by Gasteiger charge is -2.34. The zero-order chi connectivity index (χ0) is 16.7. The topological polar surface area (TPSA) is 75.7 Å². The van der Waals surface area contributed by atoms with Crippen LogP contribution in [-0.4, -0.2) is 47.9 Å². The van der Waals surface area contributed by atoms with Crippen LogP contribution in [0.25, 0.3) is 0 Å². The molecule has 6 nitrogen and oxygen atoms in total. The lowest BCUT2D eigenvalue weighted by Crippen LogP contribution is -2.48. The van der Waals surface area contributed by atoms with Crippen LogP contribution in [0.1, 0.15) is 64.7 Å². The van der Waals surface area contributed by atoms with E-state index in [1.165, 1.54) is 12.8 Å². The van der Waals surface area contributed by atoms with Crippen molar-refractivity contribution in [3.8, 4) is 0 Å². The Bertz CT molecular complexity index is 432. The Kier molecular flexibility index (Phi) is 6.86. The fraction of sp³-hybridized carbons (Fsp3) is 0.824. The van der Waals surface area contributed by atoms with Crippen molar-refractivity contribution >= 4 is 17.8 Å². The third-order valence-corrected chi connectivity index (χ3v) is 4.67. The second kappa shape index (κ2) is 8.89. The summed E-state index contributed by atoms with van der Waals surface area (Å²) in [5.74, 6) is -0.504. The van der Waals surface area contributed by atoms with Crippen LogP contribution in [0.15, 0.2) is 0 Å². The van der Waals surface area contributed by atoms with Crippen LogP contribution in [0.3, 0.4) is 0 Å². The number of ether oxygens (including phenoxy) is 1. The predicted molar refractivity (Wildman–Crippen MR) is 85.6 cm³/mol. The zero-order valence-electron chi connectivity index (χ0n) is 14.0. The summed E-state index contributed by atoms with van der Waals surface area (Å²) >= 11 is 0. The van der Waals surface area contributed by atoms with E-state index in [-0.39, 0.29) is 36.7 Å². The molecule has 1 aliphatic heterocycles. The number of rotatable bonds is 6. The fourth-order valence-corrected chi connectivity index (χ4v) is 3.45. The third-order valence-electron chi connectivity index (χ3n) is 4.67.